The van der Waals surface area contributed by atoms with E-state index < -0.39 is 0 Å². The Morgan fingerprint density at radius 2 is 2.25 bits per heavy atom. The van der Waals surface area contributed by atoms with Crippen molar-refractivity contribution < 1.29 is 0 Å². The Labute approximate surface area is 76.1 Å². The van der Waals surface area contributed by atoms with Crippen LogP contribution in [-0.4, -0.2) is 31.1 Å². The fraction of sp³-hybridized carbons (Fsp3) is 1.00. The second-order valence-corrected chi connectivity index (χ2v) is 4.40. The number of nitrogens with two attached hydrogens (primary N) is 1. The average molecular weight is 170 g/mol. The molecular weight excluding hydrogens is 148 g/mol. The van der Waals surface area contributed by atoms with Crippen LogP contribution in [0.1, 0.15) is 26.7 Å². The molecule has 1 unspecified atom stereocenters. The van der Waals surface area contributed by atoms with Crippen molar-refractivity contribution in [3.8, 4) is 0 Å². The third-order valence-corrected chi connectivity index (χ3v) is 2.56. The van der Waals surface area contributed by atoms with E-state index in [1.807, 2.05) is 0 Å². The van der Waals surface area contributed by atoms with E-state index >= 15 is 0 Å². The summed E-state index contributed by atoms with van der Waals surface area (Å²) in [6, 6.07) is 0. The normalized spacial score (nSPS) is 26.5. The van der Waals surface area contributed by atoms with Crippen molar-refractivity contribution in [2.75, 3.05) is 26.2 Å². The zero-order valence-electron chi connectivity index (χ0n) is 8.42. The van der Waals surface area contributed by atoms with Crippen LogP contribution in [0.5, 0.6) is 0 Å². The van der Waals surface area contributed by atoms with E-state index in [1.54, 1.807) is 0 Å². The Kier molecular flexibility index (Phi) is 4.02. The van der Waals surface area contributed by atoms with Gasteiger partial charge in [0, 0.05) is 13.1 Å². The molecule has 12 heavy (non-hydrogen) atoms. The van der Waals surface area contributed by atoms with Crippen LogP contribution in [0.3, 0.4) is 0 Å². The van der Waals surface area contributed by atoms with Crippen molar-refractivity contribution in [3.05, 3.63) is 0 Å². The molecule has 0 saturated carbocycles. The van der Waals surface area contributed by atoms with Gasteiger partial charge in [-0.05, 0) is 37.8 Å². The molecule has 1 saturated heterocycles. The predicted octanol–water partition coefficient (Wildman–Crippen LogP) is 1.31. The molecule has 0 spiro atoms. The van der Waals surface area contributed by atoms with Crippen LogP contribution in [0.25, 0.3) is 0 Å². The van der Waals surface area contributed by atoms with Gasteiger partial charge in [-0.2, -0.15) is 0 Å². The van der Waals surface area contributed by atoms with E-state index in [0.717, 1.165) is 18.4 Å². The Bertz CT molecular complexity index is 123. The summed E-state index contributed by atoms with van der Waals surface area (Å²) in [6.45, 7) is 9.20. The molecule has 2 nitrogen and oxygen atoms in total. The van der Waals surface area contributed by atoms with Crippen molar-refractivity contribution in [2.45, 2.75) is 26.7 Å². The first-order chi connectivity index (χ1) is 5.72. The van der Waals surface area contributed by atoms with Gasteiger partial charge in [0.1, 0.15) is 0 Å². The molecule has 0 bridgehead atoms. The minimum absolute atomic E-state index is 0.762. The van der Waals surface area contributed by atoms with Gasteiger partial charge in [-0.3, -0.25) is 0 Å². The Morgan fingerprint density at radius 3 is 2.83 bits per heavy atom. The van der Waals surface area contributed by atoms with E-state index in [4.69, 9.17) is 5.73 Å². The van der Waals surface area contributed by atoms with Crippen molar-refractivity contribution in [2.24, 2.45) is 17.6 Å². The summed E-state index contributed by atoms with van der Waals surface area (Å²) < 4.78 is 0. The van der Waals surface area contributed by atoms with Gasteiger partial charge in [-0.25, -0.2) is 0 Å². The van der Waals surface area contributed by atoms with Gasteiger partial charge in [0.15, 0.2) is 0 Å². The molecule has 1 aliphatic heterocycles. The third-order valence-electron chi connectivity index (χ3n) is 2.56. The second-order valence-electron chi connectivity index (χ2n) is 4.40. The molecule has 1 atom stereocenters. The summed E-state index contributed by atoms with van der Waals surface area (Å²) in [5.74, 6) is 1.55. The third kappa shape index (κ3) is 3.11. The minimum atomic E-state index is 0.762. The Hall–Kier alpha value is -0.0800. The summed E-state index contributed by atoms with van der Waals surface area (Å²) in [4.78, 5) is 2.56. The fourth-order valence-electron chi connectivity index (χ4n) is 2.03. The molecule has 0 amide bonds. The molecule has 2 heteroatoms. The predicted molar refractivity (Wildman–Crippen MR) is 53.1 cm³/mol. The summed E-state index contributed by atoms with van der Waals surface area (Å²) in [6.07, 6.45) is 2.68. The van der Waals surface area contributed by atoms with Gasteiger partial charge in [-0.15, -0.1) is 0 Å². The van der Waals surface area contributed by atoms with Gasteiger partial charge in [0.2, 0.25) is 0 Å². The summed E-state index contributed by atoms with van der Waals surface area (Å²) in [5, 5.41) is 0. The highest BCUT2D eigenvalue weighted by molar-refractivity contribution is 4.73. The van der Waals surface area contributed by atoms with Crippen LogP contribution in [0, 0.1) is 11.8 Å². The molecule has 1 rings (SSSR count). The van der Waals surface area contributed by atoms with Crippen LogP contribution in [-0.2, 0) is 0 Å². The highest BCUT2D eigenvalue weighted by atomic mass is 15.1. The summed E-state index contributed by atoms with van der Waals surface area (Å²) >= 11 is 0. The molecule has 1 aliphatic rings. The molecule has 1 fully saturated rings. The van der Waals surface area contributed by atoms with Gasteiger partial charge in [-0.1, -0.05) is 13.8 Å². The maximum absolute atomic E-state index is 5.67. The first kappa shape index (κ1) is 10.0. The van der Waals surface area contributed by atoms with E-state index in [1.165, 1.54) is 32.5 Å². The molecule has 2 N–H and O–H groups in total. The van der Waals surface area contributed by atoms with E-state index in [-0.39, 0.29) is 0 Å². The zero-order chi connectivity index (χ0) is 8.97. The molecule has 0 radical (unpaired) electrons. The average Bonchev–Trinajstić information content (AvgIpc) is 2.03. The van der Waals surface area contributed by atoms with Gasteiger partial charge in [0.25, 0.3) is 0 Å². The van der Waals surface area contributed by atoms with Crippen LogP contribution < -0.4 is 5.73 Å². The molecule has 72 valence electrons. The van der Waals surface area contributed by atoms with Gasteiger partial charge in [0.05, 0.1) is 0 Å². The molecular formula is C10H22N2. The summed E-state index contributed by atoms with van der Waals surface area (Å²) in [7, 11) is 0. The number of piperidine rings is 1. The zero-order valence-corrected chi connectivity index (χ0v) is 8.42. The van der Waals surface area contributed by atoms with Crippen LogP contribution in [0.4, 0.5) is 0 Å². The van der Waals surface area contributed by atoms with Gasteiger partial charge < -0.3 is 10.6 Å². The van der Waals surface area contributed by atoms with Gasteiger partial charge >= 0.3 is 0 Å². The topological polar surface area (TPSA) is 29.3 Å². The SMILES string of the molecule is CC(C)CN1CCCC(CN)C1. The monoisotopic (exact) mass is 170 g/mol. The van der Waals surface area contributed by atoms with E-state index in [2.05, 4.69) is 18.7 Å². The molecule has 0 aromatic rings. The van der Waals surface area contributed by atoms with Crippen molar-refractivity contribution in [1.82, 2.24) is 4.90 Å². The fourth-order valence-corrected chi connectivity index (χ4v) is 2.03. The lowest BCUT2D eigenvalue weighted by Crippen LogP contribution is -2.40. The smallest absolute Gasteiger partial charge is 0.00218 e. The lowest BCUT2D eigenvalue weighted by atomic mass is 9.97. The van der Waals surface area contributed by atoms with Crippen molar-refractivity contribution in [3.63, 3.8) is 0 Å². The lowest BCUT2D eigenvalue weighted by molar-refractivity contribution is 0.162. The Morgan fingerprint density at radius 1 is 1.50 bits per heavy atom. The molecule has 0 aromatic carbocycles. The number of likely N-dealkylation sites (tertiary alicyclic amines) is 1. The Balaban J connectivity index is 2.25. The second kappa shape index (κ2) is 4.83. The number of hydrogen-bond donors (Lipinski definition) is 1. The van der Waals surface area contributed by atoms with Crippen molar-refractivity contribution >= 4 is 0 Å². The van der Waals surface area contributed by atoms with E-state index in [9.17, 15) is 0 Å². The number of rotatable bonds is 3. The minimum Gasteiger partial charge on any atom is -0.330 e. The maximum atomic E-state index is 5.67. The van der Waals surface area contributed by atoms with Crippen molar-refractivity contribution in [1.29, 1.82) is 0 Å². The lowest BCUT2D eigenvalue weighted by Gasteiger charge is -2.33. The van der Waals surface area contributed by atoms with E-state index in [0.29, 0.717) is 0 Å². The first-order valence-electron chi connectivity index (χ1n) is 5.14. The summed E-state index contributed by atoms with van der Waals surface area (Å²) in [5.41, 5.74) is 5.67. The number of nitrogens with zero attached hydrogens (tertiary/aromatic N) is 1. The quantitative estimate of drug-likeness (QED) is 0.692. The molecule has 0 aromatic heterocycles. The van der Waals surface area contributed by atoms with Crippen LogP contribution in [0.15, 0.2) is 0 Å². The molecule has 1 heterocycles. The highest BCUT2D eigenvalue weighted by Gasteiger charge is 2.18. The van der Waals surface area contributed by atoms with Crippen LogP contribution >= 0.6 is 0 Å². The van der Waals surface area contributed by atoms with Crippen LogP contribution in [0.2, 0.25) is 0 Å². The standard InChI is InChI=1S/C10H22N2/c1-9(2)7-12-5-3-4-10(6-11)8-12/h9-10H,3-8,11H2,1-2H3. The highest BCUT2D eigenvalue weighted by Crippen LogP contribution is 2.15. The first-order valence-corrected chi connectivity index (χ1v) is 5.14. The molecule has 0 aliphatic carbocycles. The maximum Gasteiger partial charge on any atom is 0.00218 e. The largest absolute Gasteiger partial charge is 0.330 e. The number of hydrogen-bond acceptors (Lipinski definition) is 2.